The molecule has 0 amide bonds. The Hall–Kier alpha value is -1.63. The van der Waals surface area contributed by atoms with Gasteiger partial charge in [0.2, 0.25) is 0 Å². The molecule has 0 aliphatic heterocycles. The number of aromatic nitrogens is 3. The van der Waals surface area contributed by atoms with E-state index in [1.807, 2.05) is 0 Å². The van der Waals surface area contributed by atoms with Gasteiger partial charge in [0.15, 0.2) is 5.82 Å². The zero-order valence-corrected chi connectivity index (χ0v) is 9.87. The van der Waals surface area contributed by atoms with Gasteiger partial charge < -0.3 is 5.73 Å². The van der Waals surface area contributed by atoms with Crippen molar-refractivity contribution in [3.63, 3.8) is 0 Å². The fraction of sp³-hybridized carbons (Fsp3) is 0. The lowest BCUT2D eigenvalue weighted by Crippen LogP contribution is -2.05. The molecule has 17 heavy (non-hydrogen) atoms. The summed E-state index contributed by atoms with van der Waals surface area (Å²) in [6.07, 6.45) is 0. The summed E-state index contributed by atoms with van der Waals surface area (Å²) in [7, 11) is 0. The lowest BCUT2D eigenvalue weighted by molar-refractivity contribution is 0.381. The van der Waals surface area contributed by atoms with Crippen LogP contribution in [0.5, 0.6) is 0 Å². The molecule has 6 nitrogen and oxygen atoms in total. The SMILES string of the molecule is Nc1nc(NO)nnc1-c1cccc(Cl)c1Cl. The topological polar surface area (TPSA) is 97.0 Å². The third kappa shape index (κ3) is 2.23. The average Bonchev–Trinajstić information content (AvgIpc) is 2.33. The molecule has 0 fully saturated rings. The Morgan fingerprint density at radius 2 is 2.00 bits per heavy atom. The van der Waals surface area contributed by atoms with E-state index >= 15 is 0 Å². The van der Waals surface area contributed by atoms with E-state index in [-0.39, 0.29) is 11.8 Å². The molecule has 0 saturated heterocycles. The Labute approximate surface area is 106 Å². The van der Waals surface area contributed by atoms with Crippen LogP contribution in [0.4, 0.5) is 11.8 Å². The number of rotatable bonds is 2. The molecule has 0 saturated carbocycles. The summed E-state index contributed by atoms with van der Waals surface area (Å²) in [4.78, 5) is 3.78. The zero-order chi connectivity index (χ0) is 12.4. The maximum absolute atomic E-state index is 8.60. The van der Waals surface area contributed by atoms with Crippen molar-refractivity contribution in [1.29, 1.82) is 0 Å². The number of halogens is 2. The van der Waals surface area contributed by atoms with Gasteiger partial charge >= 0.3 is 0 Å². The highest BCUT2D eigenvalue weighted by Gasteiger charge is 2.13. The first kappa shape index (κ1) is 11.8. The molecule has 1 heterocycles. The van der Waals surface area contributed by atoms with E-state index in [9.17, 15) is 0 Å². The molecule has 1 aromatic heterocycles. The van der Waals surface area contributed by atoms with E-state index in [0.29, 0.717) is 21.3 Å². The molecule has 0 atom stereocenters. The first-order chi connectivity index (χ1) is 8.13. The quantitative estimate of drug-likeness (QED) is 0.725. The molecule has 0 aliphatic carbocycles. The fourth-order valence-electron chi connectivity index (χ4n) is 1.26. The summed E-state index contributed by atoms with van der Waals surface area (Å²) in [6, 6.07) is 5.05. The molecule has 4 N–H and O–H groups in total. The summed E-state index contributed by atoms with van der Waals surface area (Å²) >= 11 is 11.9. The van der Waals surface area contributed by atoms with E-state index in [1.54, 1.807) is 23.7 Å². The number of hydrogen-bond acceptors (Lipinski definition) is 6. The molecule has 2 aromatic rings. The monoisotopic (exact) mass is 271 g/mol. The first-order valence-electron chi connectivity index (χ1n) is 4.48. The third-order valence-electron chi connectivity index (χ3n) is 2.02. The van der Waals surface area contributed by atoms with Crippen molar-refractivity contribution in [2.45, 2.75) is 0 Å². The number of anilines is 2. The largest absolute Gasteiger partial charge is 0.382 e. The van der Waals surface area contributed by atoms with E-state index < -0.39 is 0 Å². The molecule has 2 rings (SSSR count). The third-order valence-corrected chi connectivity index (χ3v) is 2.84. The highest BCUT2D eigenvalue weighted by Crippen LogP contribution is 2.34. The summed E-state index contributed by atoms with van der Waals surface area (Å²) in [5.74, 6) is -0.00915. The molecule has 0 aliphatic rings. The minimum Gasteiger partial charge on any atom is -0.382 e. The van der Waals surface area contributed by atoms with Gasteiger partial charge in [-0.1, -0.05) is 35.3 Å². The second-order valence-electron chi connectivity index (χ2n) is 3.08. The van der Waals surface area contributed by atoms with Crippen LogP contribution in [0, 0.1) is 0 Å². The summed E-state index contributed by atoms with van der Waals surface area (Å²) in [5, 5.41) is 16.7. The highest BCUT2D eigenvalue weighted by atomic mass is 35.5. The molecule has 1 aromatic carbocycles. The van der Waals surface area contributed by atoms with Crippen LogP contribution in [0.15, 0.2) is 18.2 Å². The summed E-state index contributed by atoms with van der Waals surface area (Å²) in [5.41, 5.74) is 8.26. The lowest BCUT2D eigenvalue weighted by atomic mass is 10.1. The average molecular weight is 272 g/mol. The molecule has 88 valence electrons. The fourth-order valence-corrected chi connectivity index (χ4v) is 1.65. The molecule has 0 unspecified atom stereocenters. The van der Waals surface area contributed by atoms with Gasteiger partial charge in [-0.05, 0) is 6.07 Å². The first-order valence-corrected chi connectivity index (χ1v) is 5.23. The predicted octanol–water partition coefficient (Wildman–Crippen LogP) is 2.23. The van der Waals surface area contributed by atoms with Crippen LogP contribution in [-0.4, -0.2) is 20.4 Å². The van der Waals surface area contributed by atoms with Crippen molar-refractivity contribution in [1.82, 2.24) is 15.2 Å². The smallest absolute Gasteiger partial charge is 0.268 e. The summed E-state index contributed by atoms with van der Waals surface area (Å²) in [6.45, 7) is 0. The van der Waals surface area contributed by atoms with Gasteiger partial charge in [0.25, 0.3) is 5.95 Å². The Kier molecular flexibility index (Phi) is 3.28. The number of nitrogens with one attached hydrogen (secondary N) is 1. The molecule has 0 bridgehead atoms. The van der Waals surface area contributed by atoms with Gasteiger partial charge in [-0.3, -0.25) is 5.21 Å². The number of benzene rings is 1. The van der Waals surface area contributed by atoms with Gasteiger partial charge in [-0.2, -0.15) is 4.98 Å². The second-order valence-corrected chi connectivity index (χ2v) is 3.87. The van der Waals surface area contributed by atoms with Gasteiger partial charge in [-0.25, -0.2) is 5.48 Å². The van der Waals surface area contributed by atoms with Gasteiger partial charge in [0.1, 0.15) is 5.69 Å². The molecular formula is C9H7Cl2N5O. The molecule has 0 spiro atoms. The number of nitrogens with zero attached hydrogens (tertiary/aromatic N) is 3. The van der Waals surface area contributed by atoms with Crippen molar-refractivity contribution in [3.8, 4) is 11.3 Å². The molecule has 8 heteroatoms. The molecule has 0 radical (unpaired) electrons. The Morgan fingerprint density at radius 1 is 1.24 bits per heavy atom. The van der Waals surface area contributed by atoms with E-state index in [0.717, 1.165) is 0 Å². The Bertz CT molecular complexity index is 563. The normalized spacial score (nSPS) is 10.3. The second kappa shape index (κ2) is 4.70. The van der Waals surface area contributed by atoms with Crippen molar-refractivity contribution < 1.29 is 5.21 Å². The van der Waals surface area contributed by atoms with Crippen molar-refractivity contribution >= 4 is 35.0 Å². The van der Waals surface area contributed by atoms with Gasteiger partial charge in [0.05, 0.1) is 10.0 Å². The highest BCUT2D eigenvalue weighted by molar-refractivity contribution is 6.43. The van der Waals surface area contributed by atoms with Crippen molar-refractivity contribution in [2.24, 2.45) is 0 Å². The van der Waals surface area contributed by atoms with E-state index in [2.05, 4.69) is 15.2 Å². The minimum absolute atomic E-state index is 0.0840. The maximum Gasteiger partial charge on any atom is 0.268 e. The Balaban J connectivity index is 2.57. The zero-order valence-electron chi connectivity index (χ0n) is 8.35. The van der Waals surface area contributed by atoms with Gasteiger partial charge in [-0.15, -0.1) is 10.2 Å². The number of nitrogen functional groups attached to an aromatic ring is 1. The van der Waals surface area contributed by atoms with Crippen LogP contribution in [0.3, 0.4) is 0 Å². The van der Waals surface area contributed by atoms with Crippen LogP contribution in [-0.2, 0) is 0 Å². The van der Waals surface area contributed by atoms with Crippen molar-refractivity contribution in [3.05, 3.63) is 28.2 Å². The van der Waals surface area contributed by atoms with Crippen LogP contribution in [0.1, 0.15) is 0 Å². The molecular weight excluding hydrogens is 265 g/mol. The Morgan fingerprint density at radius 3 is 2.65 bits per heavy atom. The van der Waals surface area contributed by atoms with E-state index in [1.165, 1.54) is 0 Å². The van der Waals surface area contributed by atoms with Crippen LogP contribution in [0.25, 0.3) is 11.3 Å². The van der Waals surface area contributed by atoms with Crippen LogP contribution in [0.2, 0.25) is 10.0 Å². The lowest BCUT2D eigenvalue weighted by Gasteiger charge is -2.07. The van der Waals surface area contributed by atoms with Crippen LogP contribution >= 0.6 is 23.2 Å². The van der Waals surface area contributed by atoms with E-state index in [4.69, 9.17) is 34.1 Å². The standard InChI is InChI=1S/C9H7Cl2N5O/c10-5-3-1-2-4(6(5)11)7-8(12)13-9(16-17)15-14-7/h1-3,17H,(H3,12,13,15,16). The number of hydrogen-bond donors (Lipinski definition) is 3. The maximum atomic E-state index is 8.60. The van der Waals surface area contributed by atoms with Crippen molar-refractivity contribution in [2.75, 3.05) is 11.2 Å². The minimum atomic E-state index is -0.0931. The summed E-state index contributed by atoms with van der Waals surface area (Å²) < 4.78 is 0. The van der Waals surface area contributed by atoms with Crippen LogP contribution < -0.4 is 11.2 Å². The predicted molar refractivity (Wildman–Crippen MR) is 65.1 cm³/mol. The number of nitrogens with two attached hydrogens (primary N) is 1. The van der Waals surface area contributed by atoms with Gasteiger partial charge in [0, 0.05) is 5.56 Å².